The van der Waals surface area contributed by atoms with Crippen molar-refractivity contribution in [2.24, 2.45) is 0 Å². The molecule has 0 bridgehead atoms. The molecule has 2 aromatic rings. The predicted molar refractivity (Wildman–Crippen MR) is 71.9 cm³/mol. The van der Waals surface area contributed by atoms with E-state index in [4.69, 9.17) is 9.47 Å². The molecular formula is C13H12N4O4. The Balaban J connectivity index is 1.98. The van der Waals surface area contributed by atoms with E-state index >= 15 is 0 Å². The molecule has 0 saturated heterocycles. The van der Waals surface area contributed by atoms with Gasteiger partial charge in [-0.25, -0.2) is 4.79 Å². The number of H-pyrrole nitrogens is 1. The number of rotatable bonds is 3. The van der Waals surface area contributed by atoms with E-state index in [0.29, 0.717) is 22.7 Å². The van der Waals surface area contributed by atoms with Gasteiger partial charge in [0.1, 0.15) is 11.4 Å². The zero-order chi connectivity index (χ0) is 14.8. The maximum atomic E-state index is 11.8. The molecule has 3 rings (SSSR count). The molecule has 8 heteroatoms. The molecule has 21 heavy (non-hydrogen) atoms. The van der Waals surface area contributed by atoms with Crippen LogP contribution >= 0.6 is 0 Å². The topological polar surface area (TPSA) is 106 Å². The van der Waals surface area contributed by atoms with Gasteiger partial charge in [-0.2, -0.15) is 10.3 Å². The summed E-state index contributed by atoms with van der Waals surface area (Å²) >= 11 is 0. The van der Waals surface area contributed by atoms with Gasteiger partial charge in [-0.15, -0.1) is 5.10 Å². The predicted octanol–water partition coefficient (Wildman–Crippen LogP) is 0.979. The minimum Gasteiger partial charge on any atom is -0.482 e. The van der Waals surface area contributed by atoms with Crippen LogP contribution in [-0.2, 0) is 9.53 Å². The lowest BCUT2D eigenvalue weighted by molar-refractivity contribution is -0.118. The third-order valence-corrected chi connectivity index (χ3v) is 2.90. The highest BCUT2D eigenvalue weighted by Gasteiger charge is 2.22. The molecule has 8 nitrogen and oxygen atoms in total. The Kier molecular flexibility index (Phi) is 3.27. The summed E-state index contributed by atoms with van der Waals surface area (Å²) in [6.45, 7) is 1.95. The van der Waals surface area contributed by atoms with Crippen molar-refractivity contribution in [1.29, 1.82) is 0 Å². The number of carbonyl (C=O) groups excluding carboxylic acids is 2. The van der Waals surface area contributed by atoms with Crippen molar-refractivity contribution >= 4 is 17.6 Å². The first-order chi connectivity index (χ1) is 10.2. The van der Waals surface area contributed by atoms with Crippen LogP contribution in [0.15, 0.2) is 18.2 Å². The minimum absolute atomic E-state index is 0.00954. The lowest BCUT2D eigenvalue weighted by atomic mass is 10.1. The summed E-state index contributed by atoms with van der Waals surface area (Å²) in [5, 5.41) is 12.9. The molecule has 0 atom stereocenters. The second kappa shape index (κ2) is 5.23. The zero-order valence-electron chi connectivity index (χ0n) is 11.2. The Bertz CT molecular complexity index is 710. The number of aromatic nitrogens is 3. The molecule has 2 heterocycles. The van der Waals surface area contributed by atoms with Crippen molar-refractivity contribution in [3.05, 3.63) is 23.9 Å². The third-order valence-electron chi connectivity index (χ3n) is 2.90. The fourth-order valence-electron chi connectivity index (χ4n) is 2.00. The summed E-state index contributed by atoms with van der Waals surface area (Å²) in [6, 6.07) is 5.11. The maximum absolute atomic E-state index is 11.8. The first-order valence-corrected chi connectivity index (χ1v) is 6.34. The number of nitrogens with one attached hydrogen (secondary N) is 2. The summed E-state index contributed by atoms with van der Waals surface area (Å²) < 4.78 is 10.2. The summed E-state index contributed by atoms with van der Waals surface area (Å²) in [7, 11) is 0. The average Bonchev–Trinajstić information content (AvgIpc) is 2.96. The molecule has 0 saturated carbocycles. The fraction of sp³-hybridized carbons (Fsp3) is 0.231. The smallest absolute Gasteiger partial charge is 0.361 e. The van der Waals surface area contributed by atoms with Gasteiger partial charge < -0.3 is 14.8 Å². The minimum atomic E-state index is -0.556. The Morgan fingerprint density at radius 2 is 2.29 bits per heavy atom. The molecule has 1 amide bonds. The van der Waals surface area contributed by atoms with Gasteiger partial charge in [-0.05, 0) is 25.1 Å². The van der Waals surface area contributed by atoms with Gasteiger partial charge >= 0.3 is 5.97 Å². The van der Waals surface area contributed by atoms with Crippen LogP contribution in [0.4, 0.5) is 5.69 Å². The monoisotopic (exact) mass is 288 g/mol. The second-order valence-corrected chi connectivity index (χ2v) is 4.29. The van der Waals surface area contributed by atoms with Crippen molar-refractivity contribution < 1.29 is 19.1 Å². The van der Waals surface area contributed by atoms with Crippen LogP contribution in [-0.4, -0.2) is 40.5 Å². The van der Waals surface area contributed by atoms with Crippen LogP contribution < -0.4 is 10.1 Å². The van der Waals surface area contributed by atoms with E-state index in [1.54, 1.807) is 25.1 Å². The van der Waals surface area contributed by atoms with E-state index in [2.05, 4.69) is 20.7 Å². The number of hydrogen-bond donors (Lipinski definition) is 2. The highest BCUT2D eigenvalue weighted by atomic mass is 16.5. The number of ether oxygens (including phenoxy) is 2. The molecular weight excluding hydrogens is 276 g/mol. The molecule has 0 fully saturated rings. The van der Waals surface area contributed by atoms with E-state index < -0.39 is 5.97 Å². The van der Waals surface area contributed by atoms with Crippen molar-refractivity contribution in [1.82, 2.24) is 15.4 Å². The van der Waals surface area contributed by atoms with Gasteiger partial charge in [0, 0.05) is 5.56 Å². The number of amides is 1. The highest BCUT2D eigenvalue weighted by Crippen LogP contribution is 2.32. The van der Waals surface area contributed by atoms with Crippen LogP contribution in [0.3, 0.4) is 0 Å². The summed E-state index contributed by atoms with van der Waals surface area (Å²) in [6.07, 6.45) is 0. The largest absolute Gasteiger partial charge is 0.482 e. The Morgan fingerprint density at radius 1 is 1.43 bits per heavy atom. The van der Waals surface area contributed by atoms with Gasteiger partial charge in [-0.1, -0.05) is 0 Å². The lowest BCUT2D eigenvalue weighted by Gasteiger charge is -2.18. The van der Waals surface area contributed by atoms with Crippen LogP contribution in [0, 0.1) is 0 Å². The lowest BCUT2D eigenvalue weighted by Crippen LogP contribution is -2.25. The number of nitrogens with zero attached hydrogens (tertiary/aromatic N) is 2. The van der Waals surface area contributed by atoms with Gasteiger partial charge in [0.25, 0.3) is 5.91 Å². The van der Waals surface area contributed by atoms with E-state index in [-0.39, 0.29) is 24.8 Å². The molecule has 1 aromatic heterocycles. The highest BCUT2D eigenvalue weighted by molar-refractivity contribution is 5.98. The molecule has 0 spiro atoms. The number of anilines is 1. The van der Waals surface area contributed by atoms with Crippen molar-refractivity contribution in [3.63, 3.8) is 0 Å². The average molecular weight is 288 g/mol. The number of hydrogen-bond acceptors (Lipinski definition) is 6. The zero-order valence-corrected chi connectivity index (χ0v) is 11.2. The molecule has 108 valence electrons. The SMILES string of the molecule is CCOC(=O)c1n[nH]nc1-c1ccc2c(c1)NC(=O)CO2. The Hall–Kier alpha value is -2.90. The molecule has 1 aliphatic rings. The molecule has 0 unspecified atom stereocenters. The van der Waals surface area contributed by atoms with E-state index in [1.165, 1.54) is 0 Å². The normalized spacial score (nSPS) is 13.1. The molecule has 2 N–H and O–H groups in total. The third kappa shape index (κ3) is 2.42. The maximum Gasteiger partial charge on any atom is 0.361 e. The van der Waals surface area contributed by atoms with Gasteiger partial charge in [0.15, 0.2) is 12.3 Å². The molecule has 1 aromatic carbocycles. The van der Waals surface area contributed by atoms with Gasteiger partial charge in [0.05, 0.1) is 12.3 Å². The standard InChI is InChI=1S/C13H12N4O4/c1-2-20-13(19)12-11(15-17-16-12)7-3-4-9-8(5-7)14-10(18)6-21-9/h3-5H,2,6H2,1H3,(H,14,18)(H,15,16,17). The fourth-order valence-corrected chi connectivity index (χ4v) is 2.00. The number of benzene rings is 1. The van der Waals surface area contributed by atoms with Crippen molar-refractivity contribution in [2.45, 2.75) is 6.92 Å². The summed E-state index contributed by atoms with van der Waals surface area (Å²) in [5.74, 6) is -0.218. The number of fused-ring (bicyclic) bond motifs is 1. The Morgan fingerprint density at radius 3 is 3.10 bits per heavy atom. The number of esters is 1. The number of carbonyl (C=O) groups is 2. The number of aromatic amines is 1. The van der Waals surface area contributed by atoms with E-state index in [0.717, 1.165) is 0 Å². The molecule has 0 aliphatic carbocycles. The molecule has 0 radical (unpaired) electrons. The van der Waals surface area contributed by atoms with Crippen LogP contribution in [0.2, 0.25) is 0 Å². The van der Waals surface area contributed by atoms with Crippen LogP contribution in [0.1, 0.15) is 17.4 Å². The molecule has 1 aliphatic heterocycles. The first-order valence-electron chi connectivity index (χ1n) is 6.34. The van der Waals surface area contributed by atoms with E-state index in [1.807, 2.05) is 0 Å². The Labute approximate surface area is 119 Å². The first kappa shape index (κ1) is 13.1. The van der Waals surface area contributed by atoms with Crippen LogP contribution in [0.25, 0.3) is 11.3 Å². The van der Waals surface area contributed by atoms with Crippen LogP contribution in [0.5, 0.6) is 5.75 Å². The quantitative estimate of drug-likeness (QED) is 0.815. The summed E-state index contributed by atoms with van der Waals surface area (Å²) in [5.41, 5.74) is 1.61. The van der Waals surface area contributed by atoms with Gasteiger partial charge in [-0.3, -0.25) is 4.79 Å². The van der Waals surface area contributed by atoms with Crippen molar-refractivity contribution in [3.8, 4) is 17.0 Å². The van der Waals surface area contributed by atoms with Crippen molar-refractivity contribution in [2.75, 3.05) is 18.5 Å². The van der Waals surface area contributed by atoms with E-state index in [9.17, 15) is 9.59 Å². The second-order valence-electron chi connectivity index (χ2n) is 4.29. The van der Waals surface area contributed by atoms with Gasteiger partial charge in [0.2, 0.25) is 0 Å². The summed E-state index contributed by atoms with van der Waals surface area (Å²) in [4.78, 5) is 23.1.